The molecule has 6 nitrogen and oxygen atoms in total. The molecule has 0 spiro atoms. The van der Waals surface area contributed by atoms with Crippen LogP contribution < -0.4 is 5.56 Å². The van der Waals surface area contributed by atoms with Crippen LogP contribution in [0.4, 0.5) is 0 Å². The largest absolute Gasteiger partial charge is 0.459 e. The minimum atomic E-state index is -0.277. The van der Waals surface area contributed by atoms with E-state index in [0.717, 1.165) is 35.4 Å². The number of rotatable bonds is 7. The Morgan fingerprint density at radius 3 is 2.86 bits per heavy atom. The number of carbonyl (C=O) groups excluding carboxylic acids is 1. The standard InChI is InChI=1S/C22H21N3O3S/c1-15-7-6-12-25-20(26)13-16(23-22(15)25)14-28-21(27)11-5-4-10-19-24-17-8-2-3-9-18(17)29-19/h2-3,6-9,12-13H,4-5,10-11,14H2,1H3. The number of para-hydroxylation sites is 1. The molecule has 0 aliphatic rings. The quantitative estimate of drug-likeness (QED) is 0.341. The molecule has 0 atom stereocenters. The molecule has 0 aliphatic heterocycles. The highest BCUT2D eigenvalue weighted by molar-refractivity contribution is 7.18. The van der Waals surface area contributed by atoms with E-state index >= 15 is 0 Å². The maximum absolute atomic E-state index is 12.2. The Morgan fingerprint density at radius 1 is 1.14 bits per heavy atom. The normalized spacial score (nSPS) is 11.2. The van der Waals surface area contributed by atoms with E-state index in [4.69, 9.17) is 4.74 Å². The van der Waals surface area contributed by atoms with Crippen LogP contribution in [0, 0.1) is 6.92 Å². The second-order valence-electron chi connectivity index (χ2n) is 6.91. The number of unbranched alkanes of at least 4 members (excludes halogenated alkanes) is 1. The summed E-state index contributed by atoms with van der Waals surface area (Å²) in [6.07, 6.45) is 4.50. The SMILES string of the molecule is Cc1cccn2c(=O)cc(COC(=O)CCCCc3nc4ccccc4s3)nc12. The second-order valence-corrected chi connectivity index (χ2v) is 8.03. The number of thiazole rings is 1. The molecule has 3 aromatic heterocycles. The Balaban J connectivity index is 1.26. The van der Waals surface area contributed by atoms with Gasteiger partial charge in [-0.05, 0) is 49.9 Å². The van der Waals surface area contributed by atoms with Crippen molar-refractivity contribution < 1.29 is 9.53 Å². The third-order valence-electron chi connectivity index (χ3n) is 4.68. The number of esters is 1. The number of carbonyl (C=O) groups is 1. The van der Waals surface area contributed by atoms with Crippen molar-refractivity contribution in [1.82, 2.24) is 14.4 Å². The lowest BCUT2D eigenvalue weighted by molar-refractivity contribution is -0.145. The predicted octanol–water partition coefficient (Wildman–Crippen LogP) is 4.07. The fraction of sp³-hybridized carbons (Fsp3) is 0.273. The summed E-state index contributed by atoms with van der Waals surface area (Å²) < 4.78 is 7.99. The third kappa shape index (κ3) is 4.51. The van der Waals surface area contributed by atoms with Crippen LogP contribution in [-0.2, 0) is 22.6 Å². The molecule has 3 heterocycles. The molecule has 4 rings (SSSR count). The second kappa shape index (κ2) is 8.53. The number of nitrogens with zero attached hydrogens (tertiary/aromatic N) is 3. The van der Waals surface area contributed by atoms with Gasteiger partial charge in [0.05, 0.1) is 20.9 Å². The molecule has 0 amide bonds. The summed E-state index contributed by atoms with van der Waals surface area (Å²) in [5, 5.41) is 1.09. The lowest BCUT2D eigenvalue weighted by Crippen LogP contribution is -2.17. The molecule has 0 fully saturated rings. The summed E-state index contributed by atoms with van der Waals surface area (Å²) in [5.41, 5.74) is 2.79. The van der Waals surface area contributed by atoms with Crippen molar-refractivity contribution in [3.63, 3.8) is 0 Å². The maximum atomic E-state index is 12.2. The minimum absolute atomic E-state index is 0.0107. The van der Waals surface area contributed by atoms with Crippen LogP contribution in [-0.4, -0.2) is 20.3 Å². The monoisotopic (exact) mass is 407 g/mol. The number of ether oxygens (including phenoxy) is 1. The molecule has 29 heavy (non-hydrogen) atoms. The lowest BCUT2D eigenvalue weighted by Gasteiger charge is -2.07. The van der Waals surface area contributed by atoms with Gasteiger partial charge in [-0.2, -0.15) is 0 Å². The topological polar surface area (TPSA) is 73.6 Å². The van der Waals surface area contributed by atoms with Crippen LogP contribution in [0.25, 0.3) is 15.9 Å². The van der Waals surface area contributed by atoms with Gasteiger partial charge in [-0.1, -0.05) is 18.2 Å². The number of hydrogen-bond donors (Lipinski definition) is 0. The van der Waals surface area contributed by atoms with E-state index < -0.39 is 0 Å². The van der Waals surface area contributed by atoms with Crippen molar-refractivity contribution in [2.75, 3.05) is 0 Å². The molecule has 0 N–H and O–H groups in total. The van der Waals surface area contributed by atoms with Gasteiger partial charge in [0, 0.05) is 18.7 Å². The summed E-state index contributed by atoms with van der Waals surface area (Å²) in [6.45, 7) is 1.90. The Hall–Kier alpha value is -3.06. The highest BCUT2D eigenvalue weighted by Gasteiger charge is 2.09. The highest BCUT2D eigenvalue weighted by Crippen LogP contribution is 2.22. The first-order valence-corrected chi connectivity index (χ1v) is 10.4. The molecule has 0 aliphatic carbocycles. The average molecular weight is 407 g/mol. The maximum Gasteiger partial charge on any atom is 0.306 e. The van der Waals surface area contributed by atoms with Gasteiger partial charge in [0.25, 0.3) is 5.56 Å². The van der Waals surface area contributed by atoms with Gasteiger partial charge in [0.2, 0.25) is 0 Å². The van der Waals surface area contributed by atoms with Gasteiger partial charge in [-0.3, -0.25) is 14.0 Å². The molecule has 1 aromatic carbocycles. The first kappa shape index (κ1) is 19.3. The smallest absolute Gasteiger partial charge is 0.306 e. The van der Waals surface area contributed by atoms with Crippen molar-refractivity contribution in [3.05, 3.63) is 75.3 Å². The van der Waals surface area contributed by atoms with E-state index in [2.05, 4.69) is 16.0 Å². The first-order valence-electron chi connectivity index (χ1n) is 9.58. The summed E-state index contributed by atoms with van der Waals surface area (Å²) in [6, 6.07) is 13.2. The van der Waals surface area contributed by atoms with Crippen molar-refractivity contribution in [1.29, 1.82) is 0 Å². The zero-order chi connectivity index (χ0) is 20.2. The molecule has 0 unspecified atom stereocenters. The van der Waals surface area contributed by atoms with Gasteiger partial charge >= 0.3 is 5.97 Å². The van der Waals surface area contributed by atoms with Crippen LogP contribution in [0.15, 0.2) is 53.5 Å². The Labute approximate surface area is 171 Å². The van der Waals surface area contributed by atoms with Crippen LogP contribution in [0.3, 0.4) is 0 Å². The van der Waals surface area contributed by atoms with Gasteiger partial charge in [0.1, 0.15) is 12.3 Å². The van der Waals surface area contributed by atoms with Gasteiger partial charge < -0.3 is 4.74 Å². The number of pyridine rings is 1. The van der Waals surface area contributed by atoms with E-state index in [9.17, 15) is 9.59 Å². The van der Waals surface area contributed by atoms with Crippen molar-refractivity contribution in [3.8, 4) is 0 Å². The highest BCUT2D eigenvalue weighted by atomic mass is 32.1. The Morgan fingerprint density at radius 2 is 2.00 bits per heavy atom. The molecule has 0 radical (unpaired) electrons. The number of aromatic nitrogens is 3. The van der Waals surface area contributed by atoms with Crippen molar-refractivity contribution in [2.24, 2.45) is 0 Å². The number of fused-ring (bicyclic) bond motifs is 2. The zero-order valence-electron chi connectivity index (χ0n) is 16.1. The van der Waals surface area contributed by atoms with Gasteiger partial charge in [0.15, 0.2) is 0 Å². The summed E-state index contributed by atoms with van der Waals surface area (Å²) in [7, 11) is 0. The van der Waals surface area contributed by atoms with Crippen LogP contribution in [0.2, 0.25) is 0 Å². The van der Waals surface area contributed by atoms with E-state index in [0.29, 0.717) is 17.8 Å². The van der Waals surface area contributed by atoms with E-state index in [1.165, 1.54) is 15.2 Å². The van der Waals surface area contributed by atoms with E-state index in [-0.39, 0.29) is 18.1 Å². The Kier molecular flexibility index (Phi) is 5.67. The minimum Gasteiger partial charge on any atom is -0.459 e. The molecule has 7 heteroatoms. The van der Waals surface area contributed by atoms with Crippen LogP contribution in [0.5, 0.6) is 0 Å². The molecule has 148 valence electrons. The fourth-order valence-corrected chi connectivity index (χ4v) is 4.19. The fourth-order valence-electron chi connectivity index (χ4n) is 3.18. The predicted molar refractivity (Wildman–Crippen MR) is 113 cm³/mol. The van der Waals surface area contributed by atoms with Crippen molar-refractivity contribution >= 4 is 33.2 Å². The molecular formula is C22H21N3O3S. The van der Waals surface area contributed by atoms with E-state index in [1.807, 2.05) is 31.2 Å². The van der Waals surface area contributed by atoms with Crippen LogP contribution >= 0.6 is 11.3 Å². The first-order chi connectivity index (χ1) is 14.1. The average Bonchev–Trinajstić information content (AvgIpc) is 3.13. The van der Waals surface area contributed by atoms with E-state index in [1.54, 1.807) is 23.6 Å². The van der Waals surface area contributed by atoms with Crippen LogP contribution in [0.1, 0.15) is 35.5 Å². The molecular weight excluding hydrogens is 386 g/mol. The van der Waals surface area contributed by atoms with Gasteiger partial charge in [-0.25, -0.2) is 9.97 Å². The zero-order valence-corrected chi connectivity index (χ0v) is 16.9. The summed E-state index contributed by atoms with van der Waals surface area (Å²) in [4.78, 5) is 33.3. The number of benzene rings is 1. The molecule has 0 saturated heterocycles. The molecule has 4 aromatic rings. The Bertz CT molecular complexity index is 1200. The third-order valence-corrected chi connectivity index (χ3v) is 5.78. The summed E-state index contributed by atoms with van der Waals surface area (Å²) in [5.74, 6) is -0.277. The summed E-state index contributed by atoms with van der Waals surface area (Å²) >= 11 is 1.70. The number of aryl methyl sites for hydroxylation is 2. The molecule has 0 saturated carbocycles. The van der Waals surface area contributed by atoms with Gasteiger partial charge in [-0.15, -0.1) is 11.3 Å². The van der Waals surface area contributed by atoms with Crippen molar-refractivity contribution in [2.45, 2.75) is 39.2 Å². The lowest BCUT2D eigenvalue weighted by atomic mass is 10.2. The number of hydrogen-bond acceptors (Lipinski definition) is 6. The molecule has 0 bridgehead atoms.